The van der Waals surface area contributed by atoms with Crippen molar-refractivity contribution in [1.29, 1.82) is 0 Å². The standard InChI is InChI=1S/C20H23N3O3/c1-22-12-20-7-2-15(26-20)16(17(20)19(22)25)18(24)23-10-5-14(6-11-23)13-3-8-21-9-4-13/h2-4,7-9,14-17H,5-6,10-12H2,1H3/t15-,16-,17+,20-/m1/s1. The zero-order chi connectivity index (χ0) is 17.9. The molecule has 3 saturated heterocycles. The summed E-state index contributed by atoms with van der Waals surface area (Å²) in [7, 11) is 1.79. The lowest BCUT2D eigenvalue weighted by molar-refractivity contribution is -0.143. The summed E-state index contributed by atoms with van der Waals surface area (Å²) in [5, 5.41) is 0. The Kier molecular flexibility index (Phi) is 3.47. The van der Waals surface area contributed by atoms with E-state index < -0.39 is 5.60 Å². The first kappa shape index (κ1) is 16.0. The number of rotatable bonds is 2. The first-order valence-corrected chi connectivity index (χ1v) is 9.40. The van der Waals surface area contributed by atoms with Gasteiger partial charge in [0.2, 0.25) is 11.8 Å². The van der Waals surface area contributed by atoms with Gasteiger partial charge in [-0.15, -0.1) is 0 Å². The maximum atomic E-state index is 13.3. The summed E-state index contributed by atoms with van der Waals surface area (Å²) < 4.78 is 6.11. The molecule has 4 aliphatic heterocycles. The van der Waals surface area contributed by atoms with Crippen LogP contribution in [-0.2, 0) is 14.3 Å². The normalized spacial score (nSPS) is 36.0. The summed E-state index contributed by atoms with van der Waals surface area (Å²) >= 11 is 0. The second kappa shape index (κ2) is 5.64. The maximum Gasteiger partial charge on any atom is 0.229 e. The van der Waals surface area contributed by atoms with Crippen molar-refractivity contribution in [3.63, 3.8) is 0 Å². The molecule has 2 amide bonds. The minimum absolute atomic E-state index is 0.0434. The fourth-order valence-corrected chi connectivity index (χ4v) is 5.25. The molecule has 0 saturated carbocycles. The van der Waals surface area contributed by atoms with Crippen molar-refractivity contribution in [1.82, 2.24) is 14.8 Å². The van der Waals surface area contributed by atoms with E-state index in [1.165, 1.54) is 5.56 Å². The summed E-state index contributed by atoms with van der Waals surface area (Å²) in [6.07, 6.45) is 9.29. The molecule has 0 radical (unpaired) electrons. The van der Waals surface area contributed by atoms with E-state index in [0.717, 1.165) is 25.9 Å². The van der Waals surface area contributed by atoms with E-state index in [4.69, 9.17) is 4.74 Å². The Hall–Kier alpha value is -2.21. The number of piperidine rings is 1. The molecule has 6 heteroatoms. The predicted octanol–water partition coefficient (Wildman–Crippen LogP) is 1.20. The van der Waals surface area contributed by atoms with Crippen LogP contribution in [0.4, 0.5) is 0 Å². The molecule has 26 heavy (non-hydrogen) atoms. The average molecular weight is 353 g/mol. The minimum Gasteiger partial charge on any atom is -0.360 e. The number of hydrogen-bond donors (Lipinski definition) is 0. The molecular formula is C20H23N3O3. The highest BCUT2D eigenvalue weighted by atomic mass is 16.5. The van der Waals surface area contributed by atoms with E-state index in [9.17, 15) is 9.59 Å². The number of hydrogen-bond acceptors (Lipinski definition) is 4. The lowest BCUT2D eigenvalue weighted by Gasteiger charge is -2.35. The zero-order valence-corrected chi connectivity index (χ0v) is 14.9. The largest absolute Gasteiger partial charge is 0.360 e. The second-order valence-corrected chi connectivity index (χ2v) is 7.97. The Morgan fingerprint density at radius 2 is 2.00 bits per heavy atom. The molecule has 1 spiro atoms. The summed E-state index contributed by atoms with van der Waals surface area (Å²) in [4.78, 5) is 33.6. The molecule has 136 valence electrons. The number of nitrogens with zero attached hydrogens (tertiary/aromatic N) is 3. The topological polar surface area (TPSA) is 62.7 Å². The molecule has 2 bridgehead atoms. The van der Waals surface area contributed by atoms with Crippen molar-refractivity contribution in [2.75, 3.05) is 26.7 Å². The van der Waals surface area contributed by atoms with E-state index in [1.807, 2.05) is 29.4 Å². The van der Waals surface area contributed by atoms with Crippen LogP contribution in [0, 0.1) is 11.8 Å². The van der Waals surface area contributed by atoms with Crippen LogP contribution < -0.4 is 0 Å². The SMILES string of the molecule is CN1C[C@@]23C=C[C@@H](O2)[C@@H](C(=O)N2CCC(c4ccncc4)CC2)[C@H]3C1=O. The molecule has 0 aromatic carbocycles. The zero-order valence-electron chi connectivity index (χ0n) is 14.9. The van der Waals surface area contributed by atoms with Crippen LogP contribution in [0.1, 0.15) is 24.3 Å². The number of fused-ring (bicyclic) bond motifs is 1. The van der Waals surface area contributed by atoms with Gasteiger partial charge in [-0.1, -0.05) is 12.2 Å². The fraction of sp³-hybridized carbons (Fsp3) is 0.550. The van der Waals surface area contributed by atoms with Crippen molar-refractivity contribution in [2.45, 2.75) is 30.5 Å². The lowest BCUT2D eigenvalue weighted by Crippen LogP contribution is -2.48. The van der Waals surface area contributed by atoms with E-state index in [1.54, 1.807) is 11.9 Å². The molecule has 5 heterocycles. The van der Waals surface area contributed by atoms with E-state index in [0.29, 0.717) is 12.5 Å². The molecule has 0 aliphatic carbocycles. The van der Waals surface area contributed by atoms with Gasteiger partial charge < -0.3 is 14.5 Å². The van der Waals surface area contributed by atoms with Crippen molar-refractivity contribution >= 4 is 11.8 Å². The van der Waals surface area contributed by atoms with Crippen LogP contribution in [0.25, 0.3) is 0 Å². The van der Waals surface area contributed by atoms with Crippen molar-refractivity contribution in [3.05, 3.63) is 42.2 Å². The number of amides is 2. The number of pyridine rings is 1. The Morgan fingerprint density at radius 1 is 1.27 bits per heavy atom. The first-order valence-electron chi connectivity index (χ1n) is 9.40. The third-order valence-corrected chi connectivity index (χ3v) is 6.56. The Labute approximate surface area is 152 Å². The van der Waals surface area contributed by atoms with Gasteiger partial charge in [0.1, 0.15) is 5.60 Å². The molecule has 1 aromatic heterocycles. The van der Waals surface area contributed by atoms with Crippen LogP contribution in [0.2, 0.25) is 0 Å². The van der Waals surface area contributed by atoms with Gasteiger partial charge in [0, 0.05) is 32.5 Å². The van der Waals surface area contributed by atoms with Gasteiger partial charge in [0.15, 0.2) is 0 Å². The molecule has 0 N–H and O–H groups in total. The van der Waals surface area contributed by atoms with Gasteiger partial charge in [-0.3, -0.25) is 14.6 Å². The third kappa shape index (κ3) is 2.18. The highest BCUT2D eigenvalue weighted by molar-refractivity contribution is 5.92. The van der Waals surface area contributed by atoms with Crippen molar-refractivity contribution in [3.8, 4) is 0 Å². The van der Waals surface area contributed by atoms with E-state index in [2.05, 4.69) is 17.1 Å². The van der Waals surface area contributed by atoms with E-state index >= 15 is 0 Å². The van der Waals surface area contributed by atoms with Gasteiger partial charge in [0.25, 0.3) is 0 Å². The quantitative estimate of drug-likeness (QED) is 0.750. The number of carbonyl (C=O) groups excluding carboxylic acids is 2. The van der Waals surface area contributed by atoms with Crippen LogP contribution in [-0.4, -0.2) is 65.0 Å². The Bertz CT molecular complexity index is 772. The fourth-order valence-electron chi connectivity index (χ4n) is 5.25. The number of likely N-dealkylation sites (tertiary alicyclic amines) is 2. The van der Waals surface area contributed by atoms with Gasteiger partial charge in [-0.2, -0.15) is 0 Å². The van der Waals surface area contributed by atoms with Crippen molar-refractivity contribution in [2.24, 2.45) is 11.8 Å². The summed E-state index contributed by atoms with van der Waals surface area (Å²) in [6.45, 7) is 2.03. The molecule has 4 aliphatic rings. The predicted molar refractivity (Wildman–Crippen MR) is 94.2 cm³/mol. The summed E-state index contributed by atoms with van der Waals surface area (Å²) in [6, 6.07) is 4.13. The maximum absolute atomic E-state index is 13.3. The number of likely N-dealkylation sites (N-methyl/N-ethyl adjacent to an activating group) is 1. The number of ether oxygens (including phenoxy) is 1. The van der Waals surface area contributed by atoms with Crippen LogP contribution in [0.3, 0.4) is 0 Å². The van der Waals surface area contributed by atoms with Gasteiger partial charge >= 0.3 is 0 Å². The molecule has 4 atom stereocenters. The van der Waals surface area contributed by atoms with Gasteiger partial charge in [-0.05, 0) is 36.5 Å². The molecule has 5 rings (SSSR count). The second-order valence-electron chi connectivity index (χ2n) is 7.97. The molecule has 0 unspecified atom stereocenters. The monoisotopic (exact) mass is 353 g/mol. The molecular weight excluding hydrogens is 330 g/mol. The van der Waals surface area contributed by atoms with Gasteiger partial charge in [-0.25, -0.2) is 0 Å². The first-order chi connectivity index (χ1) is 12.6. The smallest absolute Gasteiger partial charge is 0.229 e. The average Bonchev–Trinajstić information content (AvgIpc) is 3.30. The Morgan fingerprint density at radius 3 is 2.73 bits per heavy atom. The molecule has 3 fully saturated rings. The summed E-state index contributed by atoms with van der Waals surface area (Å²) in [5.41, 5.74) is 0.719. The molecule has 1 aromatic rings. The van der Waals surface area contributed by atoms with Gasteiger partial charge in [0.05, 0.1) is 24.5 Å². The lowest BCUT2D eigenvalue weighted by atomic mass is 9.76. The number of aromatic nitrogens is 1. The molecule has 6 nitrogen and oxygen atoms in total. The van der Waals surface area contributed by atoms with Crippen LogP contribution in [0.5, 0.6) is 0 Å². The summed E-state index contributed by atoms with van der Waals surface area (Å²) in [5.74, 6) is -0.114. The third-order valence-electron chi connectivity index (χ3n) is 6.56. The van der Waals surface area contributed by atoms with Crippen LogP contribution in [0.15, 0.2) is 36.7 Å². The number of carbonyl (C=O) groups is 2. The van der Waals surface area contributed by atoms with E-state index in [-0.39, 0.29) is 29.8 Å². The Balaban J connectivity index is 1.31. The highest BCUT2D eigenvalue weighted by Gasteiger charge is 2.66. The van der Waals surface area contributed by atoms with Crippen molar-refractivity contribution < 1.29 is 14.3 Å². The van der Waals surface area contributed by atoms with Crippen LogP contribution >= 0.6 is 0 Å². The minimum atomic E-state index is -0.577. The highest BCUT2D eigenvalue weighted by Crippen LogP contribution is 2.52.